The summed E-state index contributed by atoms with van der Waals surface area (Å²) in [5.74, 6) is 0. The first kappa shape index (κ1) is 27.0. The third-order valence-electron chi connectivity index (χ3n) is 6.56. The lowest BCUT2D eigenvalue weighted by Gasteiger charge is -2.48. The second kappa shape index (κ2) is 11.0. The molecule has 16 N–H and O–H groups in total. The van der Waals surface area contributed by atoms with Crippen LogP contribution in [0.4, 0.5) is 0 Å². The molecule has 194 valence electrons. The highest BCUT2D eigenvalue weighted by molar-refractivity contribution is 5.01. The number of ether oxygens (including phenoxy) is 4. The van der Waals surface area contributed by atoms with Crippen molar-refractivity contribution in [2.45, 2.75) is 98.1 Å². The van der Waals surface area contributed by atoms with Crippen LogP contribution in [0.25, 0.3) is 0 Å². The van der Waals surface area contributed by atoms with Crippen LogP contribution < -0.4 is 28.7 Å². The molecule has 0 aromatic carbocycles. The Bertz CT molecular complexity index is 585. The van der Waals surface area contributed by atoms with Crippen LogP contribution >= 0.6 is 0 Å². The van der Waals surface area contributed by atoms with E-state index in [-0.39, 0.29) is 13.0 Å². The standard InChI is InChI=1S/C18H37N5O10/c19-2-6-11(26)12(27)9(23)17(30-6)32-15-4(20)1-5(21)16(14(15)29)33-18-13(28)8(22)10(25)7(3-24)31-18/h4-18,24-29H,1-3,19-23H2/t4-,5+,6+,7?,8-,9?,10-,11?,12?,13?,14?,15?,16?,17-,18-/m0/s1. The first-order valence-electron chi connectivity index (χ1n) is 10.9. The quantitative estimate of drug-likeness (QED) is 0.167. The molecule has 0 spiro atoms. The zero-order chi connectivity index (χ0) is 24.6. The molecule has 3 rings (SSSR count). The average Bonchev–Trinajstić information content (AvgIpc) is 2.79. The van der Waals surface area contributed by atoms with Gasteiger partial charge in [-0.15, -0.1) is 0 Å². The summed E-state index contributed by atoms with van der Waals surface area (Å²) >= 11 is 0. The van der Waals surface area contributed by atoms with Gasteiger partial charge in [0.15, 0.2) is 12.6 Å². The molecule has 2 heterocycles. The molecule has 15 atom stereocenters. The van der Waals surface area contributed by atoms with Crippen LogP contribution in [0, 0.1) is 0 Å². The van der Waals surface area contributed by atoms with E-state index in [0.717, 1.165) is 0 Å². The Labute approximate surface area is 190 Å². The fraction of sp³-hybridized carbons (Fsp3) is 1.00. The SMILES string of the molecule is NC[C@H]1O[C@@H](OC2C(O)C(O[C@@H]3OC(CO)[C@H](O)[C@H](N)C3O)[C@H](N)C[C@@H]2N)C(N)C(O)C1O. The fourth-order valence-corrected chi connectivity index (χ4v) is 4.45. The lowest BCUT2D eigenvalue weighted by Crippen LogP contribution is -2.69. The van der Waals surface area contributed by atoms with Gasteiger partial charge in [0.1, 0.15) is 54.9 Å². The van der Waals surface area contributed by atoms with Crippen molar-refractivity contribution < 1.29 is 49.6 Å². The van der Waals surface area contributed by atoms with E-state index in [2.05, 4.69) is 0 Å². The molecule has 0 bridgehead atoms. The summed E-state index contributed by atoms with van der Waals surface area (Å²) in [4.78, 5) is 0. The van der Waals surface area contributed by atoms with Gasteiger partial charge in [-0.2, -0.15) is 0 Å². The molecule has 2 saturated heterocycles. The van der Waals surface area contributed by atoms with E-state index in [1.807, 2.05) is 0 Å². The number of aliphatic hydroxyl groups is 6. The maximum absolute atomic E-state index is 11.0. The minimum absolute atomic E-state index is 0.115. The average molecular weight is 484 g/mol. The number of hydrogen-bond acceptors (Lipinski definition) is 15. The van der Waals surface area contributed by atoms with Gasteiger partial charge in [0.05, 0.1) is 18.7 Å². The third kappa shape index (κ3) is 5.32. The van der Waals surface area contributed by atoms with Gasteiger partial charge in [-0.25, -0.2) is 0 Å². The molecule has 3 fully saturated rings. The molecular weight excluding hydrogens is 446 g/mol. The van der Waals surface area contributed by atoms with E-state index in [1.54, 1.807) is 0 Å². The molecular formula is C18H37N5O10. The van der Waals surface area contributed by atoms with E-state index in [9.17, 15) is 30.6 Å². The van der Waals surface area contributed by atoms with Crippen LogP contribution in [0.5, 0.6) is 0 Å². The molecule has 3 aliphatic rings. The summed E-state index contributed by atoms with van der Waals surface area (Å²) in [7, 11) is 0. The van der Waals surface area contributed by atoms with Gasteiger partial charge in [-0.1, -0.05) is 0 Å². The van der Waals surface area contributed by atoms with Crippen LogP contribution in [-0.4, -0.2) is 135 Å². The topological polar surface area (TPSA) is 288 Å². The van der Waals surface area contributed by atoms with Gasteiger partial charge in [0, 0.05) is 18.6 Å². The van der Waals surface area contributed by atoms with Crippen molar-refractivity contribution in [3.05, 3.63) is 0 Å². The van der Waals surface area contributed by atoms with Crippen molar-refractivity contribution in [2.24, 2.45) is 28.7 Å². The fourth-order valence-electron chi connectivity index (χ4n) is 4.45. The van der Waals surface area contributed by atoms with Crippen LogP contribution in [-0.2, 0) is 18.9 Å². The summed E-state index contributed by atoms with van der Waals surface area (Å²) in [5, 5.41) is 60.9. The number of aliphatic hydroxyl groups excluding tert-OH is 6. The monoisotopic (exact) mass is 483 g/mol. The first-order valence-corrected chi connectivity index (χ1v) is 10.9. The summed E-state index contributed by atoms with van der Waals surface area (Å²) in [6.07, 6.45) is -13.9. The maximum atomic E-state index is 11.0. The van der Waals surface area contributed by atoms with E-state index in [4.69, 9.17) is 47.6 Å². The number of hydrogen-bond donors (Lipinski definition) is 11. The van der Waals surface area contributed by atoms with Crippen molar-refractivity contribution in [3.63, 3.8) is 0 Å². The van der Waals surface area contributed by atoms with Crippen LogP contribution in [0.3, 0.4) is 0 Å². The molecule has 8 unspecified atom stereocenters. The van der Waals surface area contributed by atoms with Crippen LogP contribution in [0.15, 0.2) is 0 Å². The van der Waals surface area contributed by atoms with Gasteiger partial charge < -0.3 is 78.3 Å². The van der Waals surface area contributed by atoms with E-state index in [0.29, 0.717) is 0 Å². The van der Waals surface area contributed by atoms with Gasteiger partial charge >= 0.3 is 0 Å². The Hall–Kier alpha value is -0.600. The summed E-state index contributed by atoms with van der Waals surface area (Å²) in [5.41, 5.74) is 29.6. The Morgan fingerprint density at radius 1 is 0.667 bits per heavy atom. The van der Waals surface area contributed by atoms with Crippen molar-refractivity contribution in [2.75, 3.05) is 13.2 Å². The molecule has 15 heteroatoms. The lowest BCUT2D eigenvalue weighted by atomic mass is 9.84. The van der Waals surface area contributed by atoms with E-state index >= 15 is 0 Å². The van der Waals surface area contributed by atoms with E-state index < -0.39 is 98.3 Å². The highest BCUT2D eigenvalue weighted by atomic mass is 16.7. The molecule has 2 aliphatic heterocycles. The second-order valence-corrected chi connectivity index (χ2v) is 8.88. The maximum Gasteiger partial charge on any atom is 0.186 e. The highest BCUT2D eigenvalue weighted by Gasteiger charge is 2.51. The molecule has 1 aliphatic carbocycles. The molecule has 15 nitrogen and oxygen atoms in total. The number of nitrogens with two attached hydrogens (primary N) is 5. The van der Waals surface area contributed by atoms with Gasteiger partial charge in [0.2, 0.25) is 0 Å². The van der Waals surface area contributed by atoms with Gasteiger partial charge in [-0.3, -0.25) is 0 Å². The lowest BCUT2D eigenvalue weighted by molar-refractivity contribution is -0.318. The first-order chi connectivity index (χ1) is 15.5. The molecule has 0 aromatic rings. The molecule has 0 amide bonds. The Morgan fingerprint density at radius 3 is 1.76 bits per heavy atom. The highest BCUT2D eigenvalue weighted by Crippen LogP contribution is 2.30. The Kier molecular flexibility index (Phi) is 8.99. The zero-order valence-electron chi connectivity index (χ0n) is 18.0. The molecule has 1 saturated carbocycles. The van der Waals surface area contributed by atoms with Crippen LogP contribution in [0.1, 0.15) is 6.42 Å². The minimum Gasteiger partial charge on any atom is -0.394 e. The van der Waals surface area contributed by atoms with Gasteiger partial charge in [0.25, 0.3) is 0 Å². The second-order valence-electron chi connectivity index (χ2n) is 8.88. The third-order valence-corrected chi connectivity index (χ3v) is 6.56. The predicted molar refractivity (Wildman–Crippen MR) is 110 cm³/mol. The summed E-state index contributed by atoms with van der Waals surface area (Å²) in [6.45, 7) is -0.694. The van der Waals surface area contributed by atoms with Crippen molar-refractivity contribution in [1.82, 2.24) is 0 Å². The van der Waals surface area contributed by atoms with Crippen molar-refractivity contribution >= 4 is 0 Å². The normalized spacial score (nSPS) is 53.7. The van der Waals surface area contributed by atoms with Crippen molar-refractivity contribution in [1.29, 1.82) is 0 Å². The largest absolute Gasteiger partial charge is 0.394 e. The van der Waals surface area contributed by atoms with Crippen molar-refractivity contribution in [3.8, 4) is 0 Å². The molecule has 0 radical (unpaired) electrons. The van der Waals surface area contributed by atoms with Gasteiger partial charge in [-0.05, 0) is 6.42 Å². The Morgan fingerprint density at radius 2 is 1.21 bits per heavy atom. The minimum atomic E-state index is -1.48. The summed E-state index contributed by atoms with van der Waals surface area (Å²) in [6, 6.07) is -3.92. The summed E-state index contributed by atoms with van der Waals surface area (Å²) < 4.78 is 22.5. The number of rotatable bonds is 6. The zero-order valence-corrected chi connectivity index (χ0v) is 18.0. The Balaban J connectivity index is 1.72. The van der Waals surface area contributed by atoms with E-state index in [1.165, 1.54) is 0 Å². The smallest absolute Gasteiger partial charge is 0.186 e. The molecule has 0 aromatic heterocycles. The van der Waals surface area contributed by atoms with Crippen LogP contribution in [0.2, 0.25) is 0 Å². The predicted octanol–water partition coefficient (Wildman–Crippen LogP) is -7.33. The molecule has 33 heavy (non-hydrogen) atoms.